The first-order valence-electron chi connectivity index (χ1n) is 6.45. The van der Waals surface area contributed by atoms with E-state index in [0.717, 1.165) is 4.90 Å². The summed E-state index contributed by atoms with van der Waals surface area (Å²) in [5.74, 6) is -0.273. The molecule has 1 aromatic carbocycles. The van der Waals surface area contributed by atoms with Gasteiger partial charge in [0.05, 0.1) is 6.61 Å². The Morgan fingerprint density at radius 2 is 1.84 bits per heavy atom. The first-order valence-corrected chi connectivity index (χ1v) is 7.33. The third-order valence-corrected chi connectivity index (χ3v) is 3.64. The molecule has 104 valence electrons. The lowest BCUT2D eigenvalue weighted by Gasteiger charge is -2.15. The summed E-state index contributed by atoms with van der Waals surface area (Å²) in [6, 6.07) is 9.45. The Hall–Kier alpha value is -1.29. The summed E-state index contributed by atoms with van der Waals surface area (Å²) in [4.78, 5) is 25.0. The Balaban J connectivity index is 2.80. The van der Waals surface area contributed by atoms with Crippen molar-refractivity contribution >= 4 is 23.5 Å². The standard InChI is InChI=1S/C15H20O3S/c1-4-18-15(17)14(13(16)10-11(2)3)19-12-8-6-5-7-9-12/h5-9,11,14H,4,10H2,1-3H3. The maximum absolute atomic E-state index is 12.2. The molecule has 0 amide bonds. The van der Waals surface area contributed by atoms with Crippen molar-refractivity contribution in [1.82, 2.24) is 0 Å². The molecule has 1 atom stereocenters. The van der Waals surface area contributed by atoms with Crippen molar-refractivity contribution < 1.29 is 14.3 Å². The highest BCUT2D eigenvalue weighted by atomic mass is 32.2. The van der Waals surface area contributed by atoms with E-state index in [4.69, 9.17) is 4.74 Å². The summed E-state index contributed by atoms with van der Waals surface area (Å²) in [6.07, 6.45) is 0.392. The fraction of sp³-hybridized carbons (Fsp3) is 0.467. The molecule has 0 spiro atoms. The van der Waals surface area contributed by atoms with E-state index in [2.05, 4.69) is 0 Å². The van der Waals surface area contributed by atoms with Crippen LogP contribution in [-0.4, -0.2) is 23.6 Å². The van der Waals surface area contributed by atoms with E-state index in [1.165, 1.54) is 11.8 Å². The molecule has 4 heteroatoms. The molecular weight excluding hydrogens is 260 g/mol. The van der Waals surface area contributed by atoms with Gasteiger partial charge in [-0.1, -0.05) is 32.0 Å². The first-order chi connectivity index (χ1) is 9.04. The molecule has 0 saturated carbocycles. The van der Waals surface area contributed by atoms with Gasteiger partial charge in [-0.2, -0.15) is 0 Å². The van der Waals surface area contributed by atoms with Gasteiger partial charge >= 0.3 is 5.97 Å². The number of hydrogen-bond donors (Lipinski definition) is 0. The van der Waals surface area contributed by atoms with Crippen LogP contribution in [0.3, 0.4) is 0 Å². The fourth-order valence-corrected chi connectivity index (χ4v) is 2.59. The molecule has 0 fully saturated rings. The van der Waals surface area contributed by atoms with E-state index < -0.39 is 11.2 Å². The Morgan fingerprint density at radius 1 is 1.21 bits per heavy atom. The van der Waals surface area contributed by atoms with Crippen molar-refractivity contribution in [2.24, 2.45) is 5.92 Å². The lowest BCUT2D eigenvalue weighted by atomic mass is 10.1. The highest BCUT2D eigenvalue weighted by molar-refractivity contribution is 8.01. The molecule has 0 aromatic heterocycles. The van der Waals surface area contributed by atoms with Crippen LogP contribution in [0.5, 0.6) is 0 Å². The van der Waals surface area contributed by atoms with Gasteiger partial charge in [-0.05, 0) is 25.0 Å². The number of ketones is 1. The summed E-state index contributed by atoms with van der Waals surface area (Å²) < 4.78 is 5.00. The Labute approximate surface area is 118 Å². The molecule has 0 radical (unpaired) electrons. The van der Waals surface area contributed by atoms with Crippen LogP contribution in [0, 0.1) is 5.92 Å². The number of hydrogen-bond acceptors (Lipinski definition) is 4. The Bertz CT molecular complexity index is 415. The van der Waals surface area contributed by atoms with Crippen LogP contribution in [0.4, 0.5) is 0 Å². The Morgan fingerprint density at radius 3 is 2.37 bits per heavy atom. The molecule has 3 nitrogen and oxygen atoms in total. The highest BCUT2D eigenvalue weighted by Crippen LogP contribution is 2.26. The van der Waals surface area contributed by atoms with Gasteiger partial charge in [0.25, 0.3) is 0 Å². The van der Waals surface area contributed by atoms with Crippen LogP contribution in [-0.2, 0) is 14.3 Å². The van der Waals surface area contributed by atoms with Crippen LogP contribution in [0.1, 0.15) is 27.2 Å². The number of thioether (sulfide) groups is 1. The predicted molar refractivity (Wildman–Crippen MR) is 77.2 cm³/mol. The van der Waals surface area contributed by atoms with Crippen molar-refractivity contribution in [2.45, 2.75) is 37.3 Å². The number of Topliss-reactive ketones (excluding diaryl/α,β-unsaturated/α-hetero) is 1. The summed E-state index contributed by atoms with van der Waals surface area (Å²) in [5, 5.41) is -0.759. The van der Waals surface area contributed by atoms with E-state index >= 15 is 0 Å². The molecule has 0 saturated heterocycles. The molecule has 0 N–H and O–H groups in total. The number of ether oxygens (including phenoxy) is 1. The Kier molecular flexibility index (Phi) is 6.64. The van der Waals surface area contributed by atoms with E-state index in [-0.39, 0.29) is 11.7 Å². The summed E-state index contributed by atoms with van der Waals surface area (Å²) in [6.45, 7) is 5.97. The third-order valence-electron chi connectivity index (χ3n) is 2.40. The second-order valence-corrected chi connectivity index (χ2v) is 5.81. The first kappa shape index (κ1) is 15.8. The summed E-state index contributed by atoms with van der Waals surface area (Å²) >= 11 is 1.26. The molecule has 1 unspecified atom stereocenters. The number of rotatable bonds is 7. The maximum Gasteiger partial charge on any atom is 0.327 e. The SMILES string of the molecule is CCOC(=O)C(Sc1ccccc1)C(=O)CC(C)C. The number of carbonyl (C=O) groups is 2. The molecule has 1 aromatic rings. The molecule has 0 heterocycles. The van der Waals surface area contributed by atoms with Gasteiger partial charge in [-0.25, -0.2) is 0 Å². The van der Waals surface area contributed by atoms with Gasteiger partial charge in [0.2, 0.25) is 0 Å². The van der Waals surface area contributed by atoms with Gasteiger partial charge in [0, 0.05) is 11.3 Å². The lowest BCUT2D eigenvalue weighted by Crippen LogP contribution is -2.29. The fourth-order valence-electron chi connectivity index (χ4n) is 1.61. The van der Waals surface area contributed by atoms with E-state index in [1.54, 1.807) is 6.92 Å². The van der Waals surface area contributed by atoms with Gasteiger partial charge in [0.1, 0.15) is 0 Å². The number of benzene rings is 1. The zero-order valence-corrected chi connectivity index (χ0v) is 12.4. The van der Waals surface area contributed by atoms with Gasteiger partial charge in [-0.3, -0.25) is 9.59 Å². The van der Waals surface area contributed by atoms with Crippen LogP contribution in [0.25, 0.3) is 0 Å². The lowest BCUT2D eigenvalue weighted by molar-refractivity contribution is -0.144. The maximum atomic E-state index is 12.2. The molecule has 0 aliphatic rings. The highest BCUT2D eigenvalue weighted by Gasteiger charge is 2.29. The molecular formula is C15H20O3S. The summed E-state index contributed by atoms with van der Waals surface area (Å²) in [5.41, 5.74) is 0. The minimum Gasteiger partial charge on any atom is -0.465 e. The molecule has 1 rings (SSSR count). The summed E-state index contributed by atoms with van der Waals surface area (Å²) in [7, 11) is 0. The molecule has 0 aliphatic carbocycles. The van der Waals surface area contributed by atoms with E-state index in [9.17, 15) is 9.59 Å². The van der Waals surface area contributed by atoms with Crippen LogP contribution >= 0.6 is 11.8 Å². The normalized spacial score (nSPS) is 12.2. The van der Waals surface area contributed by atoms with E-state index in [0.29, 0.717) is 13.0 Å². The third kappa shape index (κ3) is 5.47. The quantitative estimate of drug-likeness (QED) is 0.436. The van der Waals surface area contributed by atoms with Crippen molar-refractivity contribution in [2.75, 3.05) is 6.61 Å². The van der Waals surface area contributed by atoms with Crippen molar-refractivity contribution in [3.63, 3.8) is 0 Å². The van der Waals surface area contributed by atoms with Crippen LogP contribution < -0.4 is 0 Å². The second-order valence-electron chi connectivity index (χ2n) is 4.63. The second kappa shape index (κ2) is 8.00. The predicted octanol–water partition coefficient (Wildman–Crippen LogP) is 3.33. The van der Waals surface area contributed by atoms with Gasteiger partial charge < -0.3 is 4.74 Å². The monoisotopic (exact) mass is 280 g/mol. The zero-order chi connectivity index (χ0) is 14.3. The average molecular weight is 280 g/mol. The molecule has 0 bridgehead atoms. The average Bonchev–Trinajstić information content (AvgIpc) is 2.36. The van der Waals surface area contributed by atoms with Gasteiger partial charge in [0.15, 0.2) is 11.0 Å². The minimum absolute atomic E-state index is 0.0673. The van der Waals surface area contributed by atoms with Crippen molar-refractivity contribution in [1.29, 1.82) is 0 Å². The van der Waals surface area contributed by atoms with Crippen LogP contribution in [0.2, 0.25) is 0 Å². The van der Waals surface area contributed by atoms with Crippen molar-refractivity contribution in [3.8, 4) is 0 Å². The number of carbonyl (C=O) groups excluding carboxylic acids is 2. The largest absolute Gasteiger partial charge is 0.465 e. The van der Waals surface area contributed by atoms with E-state index in [1.807, 2.05) is 44.2 Å². The topological polar surface area (TPSA) is 43.4 Å². The van der Waals surface area contributed by atoms with Gasteiger partial charge in [-0.15, -0.1) is 11.8 Å². The number of esters is 1. The van der Waals surface area contributed by atoms with Crippen LogP contribution in [0.15, 0.2) is 35.2 Å². The molecule has 0 aliphatic heterocycles. The zero-order valence-electron chi connectivity index (χ0n) is 11.6. The minimum atomic E-state index is -0.759. The van der Waals surface area contributed by atoms with Crippen molar-refractivity contribution in [3.05, 3.63) is 30.3 Å². The molecule has 19 heavy (non-hydrogen) atoms. The smallest absolute Gasteiger partial charge is 0.327 e.